The molecule has 0 bridgehead atoms. The average Bonchev–Trinajstić information content (AvgIpc) is 2.63. The Labute approximate surface area is 108 Å². The van der Waals surface area contributed by atoms with Crippen LogP contribution in [-0.4, -0.2) is 15.6 Å². The van der Waals surface area contributed by atoms with Crippen molar-refractivity contribution < 1.29 is 4.79 Å². The Kier molecular flexibility index (Phi) is 6.27. The van der Waals surface area contributed by atoms with Crippen LogP contribution in [0.2, 0.25) is 5.02 Å². The van der Waals surface area contributed by atoms with Crippen LogP contribution in [0.3, 0.4) is 0 Å². The second-order valence-electron chi connectivity index (χ2n) is 4.41. The number of ketones is 1. The first-order chi connectivity index (χ1) is 8.16. The van der Waals surface area contributed by atoms with E-state index in [4.69, 9.17) is 11.6 Å². The van der Waals surface area contributed by atoms with E-state index >= 15 is 0 Å². The van der Waals surface area contributed by atoms with Gasteiger partial charge in [0, 0.05) is 13.5 Å². The van der Waals surface area contributed by atoms with Crippen LogP contribution >= 0.6 is 11.6 Å². The van der Waals surface area contributed by atoms with Gasteiger partial charge < -0.3 is 0 Å². The standard InChI is InChI=1S/C13H21ClN2O/c1-3-4-5-6-7-8-9-12(17)13-11(14)10-15-16(13)2/h10H,3-9H2,1-2H3. The summed E-state index contributed by atoms with van der Waals surface area (Å²) in [5.41, 5.74) is 0.542. The predicted octanol–water partition coefficient (Wildman–Crippen LogP) is 4.01. The highest BCUT2D eigenvalue weighted by molar-refractivity contribution is 6.33. The molecule has 0 saturated carbocycles. The van der Waals surface area contributed by atoms with E-state index < -0.39 is 0 Å². The van der Waals surface area contributed by atoms with Crippen molar-refractivity contribution in [3.63, 3.8) is 0 Å². The number of hydrogen-bond donors (Lipinski definition) is 0. The summed E-state index contributed by atoms with van der Waals surface area (Å²) < 4.78 is 1.56. The number of aromatic nitrogens is 2. The first-order valence-electron chi connectivity index (χ1n) is 6.37. The van der Waals surface area contributed by atoms with E-state index in [0.717, 1.165) is 12.8 Å². The van der Waals surface area contributed by atoms with Crippen molar-refractivity contribution >= 4 is 17.4 Å². The van der Waals surface area contributed by atoms with Crippen molar-refractivity contribution in [1.29, 1.82) is 0 Å². The quantitative estimate of drug-likeness (QED) is 0.520. The van der Waals surface area contributed by atoms with E-state index in [1.807, 2.05) is 0 Å². The average molecular weight is 257 g/mol. The molecule has 0 atom stereocenters. The maximum absolute atomic E-state index is 11.9. The fraction of sp³-hybridized carbons (Fsp3) is 0.692. The molecule has 0 aliphatic heterocycles. The summed E-state index contributed by atoms with van der Waals surface area (Å²) in [7, 11) is 1.75. The highest BCUT2D eigenvalue weighted by Gasteiger charge is 2.14. The number of hydrogen-bond acceptors (Lipinski definition) is 2. The Morgan fingerprint density at radius 2 is 1.94 bits per heavy atom. The van der Waals surface area contributed by atoms with E-state index in [0.29, 0.717) is 17.1 Å². The lowest BCUT2D eigenvalue weighted by Crippen LogP contribution is -2.07. The molecule has 0 unspecified atom stereocenters. The molecule has 0 spiro atoms. The number of carbonyl (C=O) groups is 1. The maximum atomic E-state index is 11.9. The molecule has 0 saturated heterocycles. The summed E-state index contributed by atoms with van der Waals surface area (Å²) in [4.78, 5) is 11.9. The molecule has 1 aromatic rings. The molecule has 1 aromatic heterocycles. The summed E-state index contributed by atoms with van der Waals surface area (Å²) >= 11 is 5.92. The Hall–Kier alpha value is -0.830. The molecule has 96 valence electrons. The van der Waals surface area contributed by atoms with Crippen molar-refractivity contribution in [2.24, 2.45) is 7.05 Å². The predicted molar refractivity (Wildman–Crippen MR) is 70.5 cm³/mol. The topological polar surface area (TPSA) is 34.9 Å². The van der Waals surface area contributed by atoms with Gasteiger partial charge >= 0.3 is 0 Å². The number of Topliss-reactive ketones (excluding diaryl/α,β-unsaturated/α-hetero) is 1. The molecule has 3 nitrogen and oxygen atoms in total. The lowest BCUT2D eigenvalue weighted by molar-refractivity contribution is 0.0970. The lowest BCUT2D eigenvalue weighted by atomic mass is 10.1. The summed E-state index contributed by atoms with van der Waals surface area (Å²) in [6.07, 6.45) is 9.22. The molecule has 17 heavy (non-hydrogen) atoms. The van der Waals surface area contributed by atoms with E-state index in [1.165, 1.54) is 31.9 Å². The molecule has 0 fully saturated rings. The van der Waals surface area contributed by atoms with E-state index in [9.17, 15) is 4.79 Å². The lowest BCUT2D eigenvalue weighted by Gasteiger charge is -2.02. The van der Waals surface area contributed by atoms with Crippen LogP contribution in [0.25, 0.3) is 0 Å². The zero-order chi connectivity index (χ0) is 12.7. The molecule has 0 aromatic carbocycles. The number of unbranched alkanes of at least 4 members (excludes halogenated alkanes) is 5. The Morgan fingerprint density at radius 3 is 2.53 bits per heavy atom. The number of aryl methyl sites for hydroxylation is 1. The summed E-state index contributed by atoms with van der Waals surface area (Å²) in [6, 6.07) is 0. The fourth-order valence-corrected chi connectivity index (χ4v) is 2.18. The third-order valence-electron chi connectivity index (χ3n) is 2.92. The largest absolute Gasteiger partial charge is 0.292 e. The molecule has 0 aliphatic carbocycles. The maximum Gasteiger partial charge on any atom is 0.182 e. The Morgan fingerprint density at radius 1 is 1.29 bits per heavy atom. The third-order valence-corrected chi connectivity index (χ3v) is 3.19. The highest BCUT2D eigenvalue weighted by Crippen LogP contribution is 2.17. The van der Waals surface area contributed by atoms with Gasteiger partial charge in [-0.05, 0) is 6.42 Å². The zero-order valence-corrected chi connectivity index (χ0v) is 11.5. The van der Waals surface area contributed by atoms with Crippen molar-refractivity contribution in [1.82, 2.24) is 9.78 Å². The van der Waals surface area contributed by atoms with Gasteiger partial charge in [-0.2, -0.15) is 5.10 Å². The van der Waals surface area contributed by atoms with Crippen LogP contribution in [0.4, 0.5) is 0 Å². The van der Waals surface area contributed by atoms with Gasteiger partial charge in [-0.1, -0.05) is 50.6 Å². The Balaban J connectivity index is 2.26. The summed E-state index contributed by atoms with van der Waals surface area (Å²) in [6.45, 7) is 2.20. The molecule has 0 N–H and O–H groups in total. The van der Waals surface area contributed by atoms with Gasteiger partial charge in [0.05, 0.1) is 11.2 Å². The molecular formula is C13H21ClN2O. The van der Waals surface area contributed by atoms with Crippen LogP contribution in [0.1, 0.15) is 62.4 Å². The summed E-state index contributed by atoms with van der Waals surface area (Å²) in [5, 5.41) is 4.43. The SMILES string of the molecule is CCCCCCCCC(=O)c1c(Cl)cnn1C. The normalized spacial score (nSPS) is 10.8. The number of rotatable bonds is 8. The Bertz CT molecular complexity index is 341. The van der Waals surface area contributed by atoms with Crippen molar-refractivity contribution in [2.45, 2.75) is 51.9 Å². The molecule has 1 rings (SSSR count). The third kappa shape index (κ3) is 4.50. The highest BCUT2D eigenvalue weighted by atomic mass is 35.5. The molecular weight excluding hydrogens is 236 g/mol. The number of halogens is 1. The molecule has 1 heterocycles. The van der Waals surface area contributed by atoms with Crippen molar-refractivity contribution in [3.05, 3.63) is 16.9 Å². The molecule has 0 aliphatic rings. The second-order valence-corrected chi connectivity index (χ2v) is 4.81. The van der Waals surface area contributed by atoms with Crippen molar-refractivity contribution in [2.75, 3.05) is 0 Å². The zero-order valence-electron chi connectivity index (χ0n) is 10.7. The van der Waals surface area contributed by atoms with Crippen LogP contribution < -0.4 is 0 Å². The van der Waals surface area contributed by atoms with Gasteiger partial charge in [-0.3, -0.25) is 9.48 Å². The van der Waals surface area contributed by atoms with Crippen LogP contribution in [0.15, 0.2) is 6.20 Å². The summed E-state index contributed by atoms with van der Waals surface area (Å²) in [5.74, 6) is 0.102. The van der Waals surface area contributed by atoms with Crippen LogP contribution in [-0.2, 0) is 7.05 Å². The van der Waals surface area contributed by atoms with Gasteiger partial charge in [-0.25, -0.2) is 0 Å². The minimum atomic E-state index is 0.102. The molecule has 0 radical (unpaired) electrons. The monoisotopic (exact) mass is 256 g/mol. The van der Waals surface area contributed by atoms with Crippen LogP contribution in [0, 0.1) is 0 Å². The van der Waals surface area contributed by atoms with Crippen molar-refractivity contribution in [3.8, 4) is 0 Å². The number of nitrogens with zero attached hydrogens (tertiary/aromatic N) is 2. The van der Waals surface area contributed by atoms with Gasteiger partial charge in [0.25, 0.3) is 0 Å². The smallest absolute Gasteiger partial charge is 0.182 e. The van der Waals surface area contributed by atoms with E-state index in [-0.39, 0.29) is 5.78 Å². The van der Waals surface area contributed by atoms with Gasteiger partial charge in [-0.15, -0.1) is 0 Å². The van der Waals surface area contributed by atoms with E-state index in [1.54, 1.807) is 11.7 Å². The van der Waals surface area contributed by atoms with Gasteiger partial charge in [0.15, 0.2) is 5.78 Å². The van der Waals surface area contributed by atoms with Gasteiger partial charge in [0.1, 0.15) is 5.69 Å². The van der Waals surface area contributed by atoms with Gasteiger partial charge in [0.2, 0.25) is 0 Å². The molecule has 4 heteroatoms. The molecule has 0 amide bonds. The minimum Gasteiger partial charge on any atom is -0.292 e. The first-order valence-corrected chi connectivity index (χ1v) is 6.75. The first kappa shape index (κ1) is 14.2. The fourth-order valence-electron chi connectivity index (χ4n) is 1.91. The minimum absolute atomic E-state index is 0.102. The number of carbonyl (C=O) groups excluding carboxylic acids is 1. The van der Waals surface area contributed by atoms with E-state index in [2.05, 4.69) is 12.0 Å². The van der Waals surface area contributed by atoms with Crippen LogP contribution in [0.5, 0.6) is 0 Å². The second kappa shape index (κ2) is 7.49.